The Morgan fingerprint density at radius 1 is 1.33 bits per heavy atom. The van der Waals surface area contributed by atoms with Gasteiger partial charge < -0.3 is 20.7 Å². The highest BCUT2D eigenvalue weighted by atomic mass is 19.4. The molecule has 1 unspecified atom stereocenters. The van der Waals surface area contributed by atoms with Crippen molar-refractivity contribution in [3.63, 3.8) is 0 Å². The molecular formula is C18H21F5N4O3. The molecular weight excluding hydrogens is 415 g/mol. The number of hydrogen-bond donors (Lipinski definition) is 2. The third kappa shape index (κ3) is 5.28. The van der Waals surface area contributed by atoms with E-state index in [9.17, 15) is 31.5 Å². The number of amides is 2. The third-order valence-corrected chi connectivity index (χ3v) is 5.07. The number of nitrogens with zero attached hydrogens (tertiary/aromatic N) is 2. The van der Waals surface area contributed by atoms with E-state index < -0.39 is 49.1 Å². The molecule has 166 valence electrons. The SMILES string of the molecule is CC(CC(N)=O)(NC(=O)c1cc(OCC(F)(F)F)c(N2CC(F)(F)C2)cn1)C1CC1. The number of carbonyl (C=O) groups is 2. The number of nitrogens with one attached hydrogen (secondary N) is 1. The van der Waals surface area contributed by atoms with E-state index in [2.05, 4.69) is 10.3 Å². The van der Waals surface area contributed by atoms with Gasteiger partial charge in [0.05, 0.1) is 25.0 Å². The highest BCUT2D eigenvalue weighted by molar-refractivity contribution is 5.94. The predicted octanol–water partition coefficient (Wildman–Crippen LogP) is 2.25. The fraction of sp³-hybridized carbons (Fsp3) is 0.611. The van der Waals surface area contributed by atoms with Gasteiger partial charge in [-0.05, 0) is 25.7 Å². The van der Waals surface area contributed by atoms with Crippen molar-refractivity contribution < 1.29 is 36.3 Å². The average Bonchev–Trinajstić information content (AvgIpc) is 3.41. The topological polar surface area (TPSA) is 97.5 Å². The van der Waals surface area contributed by atoms with Gasteiger partial charge in [0.25, 0.3) is 11.8 Å². The van der Waals surface area contributed by atoms with Crippen LogP contribution >= 0.6 is 0 Å². The fourth-order valence-corrected chi connectivity index (χ4v) is 3.45. The highest BCUT2D eigenvalue weighted by Crippen LogP contribution is 2.42. The van der Waals surface area contributed by atoms with Crippen LogP contribution in [0.5, 0.6) is 5.75 Å². The molecule has 2 aliphatic rings. The first kappa shape index (κ1) is 22.0. The summed E-state index contributed by atoms with van der Waals surface area (Å²) in [5.74, 6) is -4.65. The number of pyridine rings is 1. The quantitative estimate of drug-likeness (QED) is 0.610. The number of alkyl halides is 5. The van der Waals surface area contributed by atoms with Crippen LogP contribution in [0.15, 0.2) is 12.3 Å². The summed E-state index contributed by atoms with van der Waals surface area (Å²) in [6.45, 7) is -1.39. The Labute approximate surface area is 168 Å². The maximum atomic E-state index is 13.2. The molecule has 2 amide bonds. The Balaban J connectivity index is 1.82. The Hall–Kier alpha value is -2.66. The summed E-state index contributed by atoms with van der Waals surface area (Å²) >= 11 is 0. The second-order valence-electron chi connectivity index (χ2n) is 7.94. The van der Waals surface area contributed by atoms with E-state index >= 15 is 0 Å². The normalized spacial score (nSPS) is 20.1. The van der Waals surface area contributed by atoms with Gasteiger partial charge in [-0.1, -0.05) is 0 Å². The lowest BCUT2D eigenvalue weighted by molar-refractivity contribution is -0.153. The highest BCUT2D eigenvalue weighted by Gasteiger charge is 2.46. The zero-order valence-corrected chi connectivity index (χ0v) is 16.1. The van der Waals surface area contributed by atoms with Crippen LogP contribution in [0.1, 0.15) is 36.7 Å². The predicted molar refractivity (Wildman–Crippen MR) is 95.4 cm³/mol. The van der Waals surface area contributed by atoms with Crippen molar-refractivity contribution in [1.29, 1.82) is 0 Å². The molecule has 1 aliphatic heterocycles. The first-order chi connectivity index (χ1) is 13.8. The van der Waals surface area contributed by atoms with E-state index in [1.807, 2.05) is 0 Å². The summed E-state index contributed by atoms with van der Waals surface area (Å²) in [5.41, 5.74) is 4.01. The van der Waals surface area contributed by atoms with Crippen molar-refractivity contribution in [3.8, 4) is 5.75 Å². The Morgan fingerprint density at radius 2 is 1.97 bits per heavy atom. The molecule has 1 saturated heterocycles. The molecule has 2 heterocycles. The van der Waals surface area contributed by atoms with Crippen molar-refractivity contribution in [1.82, 2.24) is 10.3 Å². The molecule has 0 aromatic carbocycles. The van der Waals surface area contributed by atoms with Gasteiger partial charge in [0, 0.05) is 18.0 Å². The summed E-state index contributed by atoms with van der Waals surface area (Å²) in [6.07, 6.45) is -2.16. The summed E-state index contributed by atoms with van der Waals surface area (Å²) in [6, 6.07) is 0.977. The standard InChI is InChI=1S/C18H21F5N4O3/c1-16(5-14(24)28,10-2-3-10)26-15(29)11-4-13(30-9-18(21,22)23)12(6-25-11)27-7-17(19,20)8-27/h4,6,10H,2-3,5,7-9H2,1H3,(H2,24,28)(H,26,29). The first-order valence-electron chi connectivity index (χ1n) is 9.21. The minimum atomic E-state index is -4.66. The Morgan fingerprint density at radius 3 is 2.47 bits per heavy atom. The van der Waals surface area contributed by atoms with E-state index in [0.717, 1.165) is 30.0 Å². The number of primary amides is 1. The van der Waals surface area contributed by atoms with E-state index in [1.54, 1.807) is 6.92 Å². The molecule has 1 aromatic rings. The summed E-state index contributed by atoms with van der Waals surface area (Å²) in [5, 5.41) is 2.68. The van der Waals surface area contributed by atoms with Crippen molar-refractivity contribution in [2.24, 2.45) is 11.7 Å². The van der Waals surface area contributed by atoms with Gasteiger partial charge in [0.15, 0.2) is 6.61 Å². The summed E-state index contributed by atoms with van der Waals surface area (Å²) in [7, 11) is 0. The van der Waals surface area contributed by atoms with E-state index in [-0.39, 0.29) is 29.5 Å². The van der Waals surface area contributed by atoms with Crippen LogP contribution in [0, 0.1) is 5.92 Å². The number of ether oxygens (including phenoxy) is 1. The number of carbonyl (C=O) groups excluding carboxylic acids is 2. The smallest absolute Gasteiger partial charge is 0.422 e. The lowest BCUT2D eigenvalue weighted by Crippen LogP contribution is -2.56. The van der Waals surface area contributed by atoms with Crippen molar-refractivity contribution in [2.75, 3.05) is 24.6 Å². The zero-order chi connectivity index (χ0) is 22.3. The molecule has 3 rings (SSSR count). The Kier molecular flexibility index (Phi) is 5.54. The van der Waals surface area contributed by atoms with Crippen molar-refractivity contribution >= 4 is 17.5 Å². The van der Waals surface area contributed by atoms with Crippen LogP contribution in [0.2, 0.25) is 0 Å². The summed E-state index contributed by atoms with van der Waals surface area (Å²) in [4.78, 5) is 29.0. The molecule has 1 saturated carbocycles. The van der Waals surface area contributed by atoms with Gasteiger partial charge >= 0.3 is 6.18 Å². The van der Waals surface area contributed by atoms with E-state index in [4.69, 9.17) is 10.5 Å². The molecule has 3 N–H and O–H groups in total. The van der Waals surface area contributed by atoms with Crippen LogP contribution in [0.25, 0.3) is 0 Å². The summed E-state index contributed by atoms with van der Waals surface area (Å²) < 4.78 is 68.9. The van der Waals surface area contributed by atoms with Gasteiger partial charge in [-0.25, -0.2) is 13.8 Å². The number of anilines is 1. The number of rotatable bonds is 8. The van der Waals surface area contributed by atoms with Crippen LogP contribution in [0.4, 0.5) is 27.6 Å². The number of aromatic nitrogens is 1. The monoisotopic (exact) mass is 436 g/mol. The fourth-order valence-electron chi connectivity index (χ4n) is 3.45. The first-order valence-corrected chi connectivity index (χ1v) is 9.21. The lowest BCUT2D eigenvalue weighted by Gasteiger charge is -2.40. The van der Waals surface area contributed by atoms with Gasteiger partial charge in [-0.2, -0.15) is 13.2 Å². The van der Waals surface area contributed by atoms with E-state index in [1.165, 1.54) is 0 Å². The Bertz CT molecular complexity index is 836. The molecule has 2 fully saturated rings. The largest absolute Gasteiger partial charge is 0.482 e. The second-order valence-corrected chi connectivity index (χ2v) is 7.94. The molecule has 0 bridgehead atoms. The second kappa shape index (κ2) is 7.55. The minimum Gasteiger partial charge on any atom is -0.482 e. The lowest BCUT2D eigenvalue weighted by atomic mass is 9.91. The average molecular weight is 436 g/mol. The third-order valence-electron chi connectivity index (χ3n) is 5.07. The van der Waals surface area contributed by atoms with Crippen molar-refractivity contribution in [3.05, 3.63) is 18.0 Å². The molecule has 1 atom stereocenters. The molecule has 12 heteroatoms. The number of hydrogen-bond acceptors (Lipinski definition) is 5. The van der Waals surface area contributed by atoms with Crippen LogP contribution in [-0.2, 0) is 4.79 Å². The number of nitrogens with two attached hydrogens (primary N) is 1. The number of halogens is 5. The zero-order valence-electron chi connectivity index (χ0n) is 16.1. The molecule has 30 heavy (non-hydrogen) atoms. The van der Waals surface area contributed by atoms with Gasteiger partial charge in [-0.3, -0.25) is 9.59 Å². The van der Waals surface area contributed by atoms with Gasteiger partial charge in [-0.15, -0.1) is 0 Å². The van der Waals surface area contributed by atoms with Crippen molar-refractivity contribution in [2.45, 2.75) is 43.8 Å². The van der Waals surface area contributed by atoms with Gasteiger partial charge in [0.2, 0.25) is 5.91 Å². The maximum absolute atomic E-state index is 13.2. The van der Waals surface area contributed by atoms with Crippen LogP contribution in [0.3, 0.4) is 0 Å². The molecule has 0 radical (unpaired) electrons. The maximum Gasteiger partial charge on any atom is 0.422 e. The van der Waals surface area contributed by atoms with E-state index in [0.29, 0.717) is 0 Å². The molecule has 1 aliphatic carbocycles. The van der Waals surface area contributed by atoms with Crippen LogP contribution < -0.4 is 20.7 Å². The molecule has 7 nitrogen and oxygen atoms in total. The van der Waals surface area contributed by atoms with Gasteiger partial charge in [0.1, 0.15) is 11.4 Å². The minimum absolute atomic E-state index is 0.0393. The van der Waals surface area contributed by atoms with Crippen LogP contribution in [-0.4, -0.2) is 54.1 Å². The molecule has 1 aromatic heterocycles. The molecule has 0 spiro atoms.